The molecule has 16 heteroatoms. The van der Waals surface area contributed by atoms with Gasteiger partial charge in [0.15, 0.2) is 0 Å². The van der Waals surface area contributed by atoms with Gasteiger partial charge in [0.1, 0.15) is 12.1 Å². The normalized spacial score (nSPS) is 18.9. The van der Waals surface area contributed by atoms with Gasteiger partial charge in [0, 0.05) is 35.1 Å². The number of urea groups is 1. The molecule has 5 aromatic rings. The fraction of sp³-hybridized carbons (Fsp3) is 0.250. The average molecular weight is 802 g/mol. The average Bonchev–Trinajstić information content (AvgIpc) is 3.82. The SMILES string of the molecule is O=C(N[C@H]1CN(C(=O)NCc2ccccc2)CC[C@H]2CC[C@@H](C(=O)Nc3ccc(-c4ccccc4)cc3)N2C1=O)c1cc2cc(C(F)(F)P(=O)(O)O)ccc2s1. The first-order chi connectivity index (χ1) is 26.8. The third kappa shape index (κ3) is 8.21. The molecule has 0 bridgehead atoms. The summed E-state index contributed by atoms with van der Waals surface area (Å²) in [5, 5.41) is 8.70. The lowest BCUT2D eigenvalue weighted by Crippen LogP contribution is -2.61. The van der Waals surface area contributed by atoms with E-state index in [1.807, 2.05) is 72.8 Å². The first kappa shape index (κ1) is 38.8. The number of rotatable bonds is 9. The molecule has 56 heavy (non-hydrogen) atoms. The Morgan fingerprint density at radius 3 is 2.23 bits per heavy atom. The summed E-state index contributed by atoms with van der Waals surface area (Å²) >= 11 is 0.937. The van der Waals surface area contributed by atoms with Gasteiger partial charge in [-0.3, -0.25) is 18.9 Å². The minimum Gasteiger partial charge on any atom is -0.338 e. The number of fused-ring (bicyclic) bond motifs is 2. The second-order valence-corrected chi connectivity index (χ2v) is 16.5. The molecule has 3 atom stereocenters. The summed E-state index contributed by atoms with van der Waals surface area (Å²) in [7, 11) is -5.83. The van der Waals surface area contributed by atoms with E-state index in [4.69, 9.17) is 0 Å². The number of thiophene rings is 1. The maximum Gasteiger partial charge on any atom is 0.399 e. The summed E-state index contributed by atoms with van der Waals surface area (Å²) < 4.78 is 40.8. The maximum atomic E-state index is 14.5. The van der Waals surface area contributed by atoms with Crippen LogP contribution in [0.3, 0.4) is 0 Å². The topological polar surface area (TPSA) is 168 Å². The van der Waals surface area contributed by atoms with Crippen LogP contribution < -0.4 is 16.0 Å². The van der Waals surface area contributed by atoms with Crippen LogP contribution in [0.15, 0.2) is 109 Å². The second kappa shape index (κ2) is 15.9. The van der Waals surface area contributed by atoms with Crippen molar-refractivity contribution in [3.63, 3.8) is 0 Å². The number of hydrogen-bond donors (Lipinski definition) is 5. The van der Waals surface area contributed by atoms with Gasteiger partial charge < -0.3 is 35.5 Å². The zero-order chi connectivity index (χ0) is 39.6. The van der Waals surface area contributed by atoms with E-state index in [-0.39, 0.29) is 35.8 Å². The quantitative estimate of drug-likeness (QED) is 0.106. The highest BCUT2D eigenvalue weighted by Gasteiger charge is 2.50. The number of halogens is 2. The van der Waals surface area contributed by atoms with Crippen LogP contribution in [0, 0.1) is 0 Å². The predicted molar refractivity (Wildman–Crippen MR) is 208 cm³/mol. The lowest BCUT2D eigenvalue weighted by atomic mass is 10.1. The monoisotopic (exact) mass is 801 g/mol. The van der Waals surface area contributed by atoms with Crippen molar-refractivity contribution in [3.05, 3.63) is 125 Å². The molecule has 4 aromatic carbocycles. The molecule has 0 aliphatic carbocycles. The molecule has 0 saturated carbocycles. The third-order valence-corrected chi connectivity index (χ3v) is 12.2. The Morgan fingerprint density at radius 1 is 0.857 bits per heavy atom. The van der Waals surface area contributed by atoms with Crippen molar-refractivity contribution in [2.75, 3.05) is 18.4 Å². The van der Waals surface area contributed by atoms with Crippen LogP contribution in [0.4, 0.5) is 19.3 Å². The smallest absolute Gasteiger partial charge is 0.338 e. The van der Waals surface area contributed by atoms with Crippen molar-refractivity contribution in [2.24, 2.45) is 0 Å². The molecule has 2 aliphatic rings. The molecule has 0 unspecified atom stereocenters. The number of amides is 5. The van der Waals surface area contributed by atoms with Crippen molar-refractivity contribution < 1.29 is 42.3 Å². The van der Waals surface area contributed by atoms with Gasteiger partial charge in [-0.25, -0.2) is 4.79 Å². The lowest BCUT2D eigenvalue weighted by Gasteiger charge is -2.38. The number of nitrogens with zero attached hydrogens (tertiary/aromatic N) is 2. The number of alkyl halides is 2. The van der Waals surface area contributed by atoms with Gasteiger partial charge in [-0.2, -0.15) is 8.78 Å². The zero-order valence-corrected chi connectivity index (χ0v) is 31.5. The van der Waals surface area contributed by atoms with Gasteiger partial charge in [-0.05, 0) is 71.7 Å². The van der Waals surface area contributed by atoms with E-state index in [1.165, 1.54) is 21.9 Å². The van der Waals surface area contributed by atoms with E-state index in [0.29, 0.717) is 29.6 Å². The van der Waals surface area contributed by atoms with Crippen LogP contribution in [-0.4, -0.2) is 74.6 Å². The number of anilines is 1. The molecule has 2 saturated heterocycles. The van der Waals surface area contributed by atoms with Crippen LogP contribution in [0.1, 0.15) is 40.1 Å². The van der Waals surface area contributed by atoms with E-state index in [2.05, 4.69) is 16.0 Å². The van der Waals surface area contributed by atoms with Gasteiger partial charge in [-0.15, -0.1) is 11.3 Å². The number of carbonyl (C=O) groups is 4. The first-order valence-electron chi connectivity index (χ1n) is 17.9. The van der Waals surface area contributed by atoms with E-state index in [0.717, 1.165) is 40.2 Å². The van der Waals surface area contributed by atoms with Crippen LogP contribution >= 0.6 is 18.9 Å². The highest BCUT2D eigenvalue weighted by Crippen LogP contribution is 2.59. The van der Waals surface area contributed by atoms with Gasteiger partial charge in [0.2, 0.25) is 11.8 Å². The third-order valence-electron chi connectivity index (χ3n) is 10.1. The van der Waals surface area contributed by atoms with E-state index in [9.17, 15) is 42.3 Å². The standard InChI is InChI=1S/C40H38F2N5O7PS/c41-40(42,55(52,53)54)29-13-18-34-28(21-29)22-35(56-34)37(49)45-32-24-46(39(51)43-23-25-7-3-1-4-8-25)20-19-31-16-17-33(47(31)38(32)50)36(48)44-30-14-11-27(12-15-30)26-9-5-2-6-10-26/h1-15,18,21-22,31-33H,16-17,19-20,23-24H2,(H,43,51)(H,44,48)(H,45,49)(H2,52,53,54)/t31-,32+,33+/m1/s1. The van der Waals surface area contributed by atoms with Gasteiger partial charge in [-0.1, -0.05) is 78.9 Å². The summed E-state index contributed by atoms with van der Waals surface area (Å²) in [5.74, 6) is -1.66. The van der Waals surface area contributed by atoms with Crippen molar-refractivity contribution in [3.8, 4) is 11.1 Å². The molecule has 0 spiro atoms. The highest BCUT2D eigenvalue weighted by atomic mass is 32.1. The Kier molecular flexibility index (Phi) is 11.0. The molecule has 2 fully saturated rings. The second-order valence-electron chi connectivity index (χ2n) is 13.8. The van der Waals surface area contributed by atoms with Crippen molar-refractivity contribution in [2.45, 2.75) is 49.6 Å². The van der Waals surface area contributed by atoms with Crippen molar-refractivity contribution in [1.29, 1.82) is 0 Å². The Labute approximate surface area is 324 Å². The molecular formula is C40H38F2N5O7PS. The fourth-order valence-electron chi connectivity index (χ4n) is 7.15. The molecule has 2 aliphatic heterocycles. The Balaban J connectivity index is 1.12. The van der Waals surface area contributed by atoms with Crippen LogP contribution in [0.25, 0.3) is 21.2 Å². The molecule has 12 nitrogen and oxygen atoms in total. The van der Waals surface area contributed by atoms with Gasteiger partial charge >= 0.3 is 19.3 Å². The van der Waals surface area contributed by atoms with E-state index >= 15 is 0 Å². The number of carbonyl (C=O) groups excluding carboxylic acids is 4. The van der Waals surface area contributed by atoms with Crippen molar-refractivity contribution >= 4 is 58.5 Å². The minimum absolute atomic E-state index is 0.0396. The molecule has 3 heterocycles. The summed E-state index contributed by atoms with van der Waals surface area (Å²) in [6.07, 6.45) is 1.26. The van der Waals surface area contributed by atoms with Gasteiger partial charge in [0.25, 0.3) is 5.91 Å². The Bertz CT molecular complexity index is 2310. The fourth-order valence-corrected chi connectivity index (χ4v) is 8.57. The highest BCUT2D eigenvalue weighted by molar-refractivity contribution is 7.52. The Morgan fingerprint density at radius 2 is 1.54 bits per heavy atom. The van der Waals surface area contributed by atoms with E-state index in [1.54, 1.807) is 12.1 Å². The summed E-state index contributed by atoms with van der Waals surface area (Å²) in [6.45, 7) is 0.250. The van der Waals surface area contributed by atoms with Crippen molar-refractivity contribution in [1.82, 2.24) is 20.4 Å². The largest absolute Gasteiger partial charge is 0.399 e. The molecule has 5 amide bonds. The molecule has 1 aromatic heterocycles. The molecule has 290 valence electrons. The van der Waals surface area contributed by atoms with E-state index < -0.39 is 54.8 Å². The van der Waals surface area contributed by atoms with Crippen LogP contribution in [0.5, 0.6) is 0 Å². The first-order valence-corrected chi connectivity index (χ1v) is 20.3. The maximum absolute atomic E-state index is 14.5. The Hall–Kier alpha value is -5.47. The summed E-state index contributed by atoms with van der Waals surface area (Å²) in [6, 6.07) is 27.8. The van der Waals surface area contributed by atoms with Crippen LogP contribution in [-0.2, 0) is 26.4 Å². The summed E-state index contributed by atoms with van der Waals surface area (Å²) in [4.78, 5) is 77.1. The molecule has 7 rings (SSSR count). The minimum atomic E-state index is -5.83. The lowest BCUT2D eigenvalue weighted by molar-refractivity contribution is -0.141. The number of hydrogen-bond acceptors (Lipinski definition) is 6. The number of benzene rings is 4. The van der Waals surface area contributed by atoms with Gasteiger partial charge in [0.05, 0.1) is 11.4 Å². The predicted octanol–water partition coefficient (Wildman–Crippen LogP) is 6.51. The molecule has 0 radical (unpaired) electrons. The number of nitrogens with one attached hydrogen (secondary N) is 3. The van der Waals surface area contributed by atoms with Crippen LogP contribution in [0.2, 0.25) is 0 Å². The molecule has 5 N–H and O–H groups in total. The molecular weight excluding hydrogens is 764 g/mol. The summed E-state index contributed by atoms with van der Waals surface area (Å²) in [5.41, 5.74) is -1.94. The zero-order valence-electron chi connectivity index (χ0n) is 29.8.